The van der Waals surface area contributed by atoms with Crippen molar-refractivity contribution in [2.45, 2.75) is 50.2 Å². The number of aryl methyl sites for hydroxylation is 2. The van der Waals surface area contributed by atoms with Crippen LogP contribution in [0, 0.1) is 0 Å². The standard InChI is InChI=1S/C18H22N2O4S/c1-2-15(14-8-7-12-5-3-4-6-13(12)11-14)20-18(21)16-9-10-17(24-16)25(19,22)23/h7-11,15H,2-6H2,1H3,(H,20,21)(H2,19,22,23). The van der Waals surface area contributed by atoms with Gasteiger partial charge in [-0.2, -0.15) is 0 Å². The van der Waals surface area contributed by atoms with E-state index >= 15 is 0 Å². The highest BCUT2D eigenvalue weighted by Crippen LogP contribution is 2.26. The number of amides is 1. The Balaban J connectivity index is 1.78. The predicted molar refractivity (Wildman–Crippen MR) is 93.7 cm³/mol. The van der Waals surface area contributed by atoms with Crippen molar-refractivity contribution in [1.29, 1.82) is 0 Å². The van der Waals surface area contributed by atoms with Gasteiger partial charge in [-0.1, -0.05) is 25.1 Å². The van der Waals surface area contributed by atoms with Gasteiger partial charge in [0.05, 0.1) is 6.04 Å². The van der Waals surface area contributed by atoms with Crippen LogP contribution in [-0.4, -0.2) is 14.3 Å². The molecule has 1 aromatic carbocycles. The summed E-state index contributed by atoms with van der Waals surface area (Å²) >= 11 is 0. The molecule has 1 heterocycles. The van der Waals surface area contributed by atoms with Crippen LogP contribution in [0.3, 0.4) is 0 Å². The van der Waals surface area contributed by atoms with Crippen molar-refractivity contribution in [2.75, 3.05) is 0 Å². The molecule has 1 atom stereocenters. The van der Waals surface area contributed by atoms with E-state index in [-0.39, 0.29) is 11.8 Å². The quantitative estimate of drug-likeness (QED) is 0.853. The van der Waals surface area contributed by atoms with E-state index in [0.717, 1.165) is 18.4 Å². The molecule has 0 aliphatic heterocycles. The van der Waals surface area contributed by atoms with E-state index in [1.165, 1.54) is 36.1 Å². The Morgan fingerprint density at radius 1 is 1.20 bits per heavy atom. The SMILES string of the molecule is CCC(NC(=O)c1ccc(S(N)(=O)=O)o1)c1ccc2c(c1)CCCC2. The van der Waals surface area contributed by atoms with Gasteiger partial charge in [0, 0.05) is 0 Å². The molecule has 0 fully saturated rings. The van der Waals surface area contributed by atoms with Gasteiger partial charge in [-0.05, 0) is 60.9 Å². The summed E-state index contributed by atoms with van der Waals surface area (Å²) in [4.78, 5) is 12.4. The zero-order valence-electron chi connectivity index (χ0n) is 14.1. The first kappa shape index (κ1) is 17.7. The van der Waals surface area contributed by atoms with Crippen molar-refractivity contribution in [3.63, 3.8) is 0 Å². The molecule has 6 nitrogen and oxygen atoms in total. The summed E-state index contributed by atoms with van der Waals surface area (Å²) < 4.78 is 27.6. The third-order valence-corrected chi connectivity index (χ3v) is 5.35. The van der Waals surface area contributed by atoms with Gasteiger partial charge in [-0.3, -0.25) is 4.79 Å². The summed E-state index contributed by atoms with van der Waals surface area (Å²) in [5.74, 6) is -0.528. The van der Waals surface area contributed by atoms with Crippen molar-refractivity contribution >= 4 is 15.9 Å². The van der Waals surface area contributed by atoms with Gasteiger partial charge in [0.1, 0.15) is 0 Å². The first-order valence-electron chi connectivity index (χ1n) is 8.43. The largest absolute Gasteiger partial charge is 0.438 e. The van der Waals surface area contributed by atoms with Crippen LogP contribution in [0.25, 0.3) is 0 Å². The third-order valence-electron chi connectivity index (χ3n) is 4.57. The van der Waals surface area contributed by atoms with E-state index in [1.807, 2.05) is 6.92 Å². The highest BCUT2D eigenvalue weighted by molar-refractivity contribution is 7.89. The third kappa shape index (κ3) is 3.93. The lowest BCUT2D eigenvalue weighted by atomic mass is 9.89. The molecule has 0 saturated heterocycles. The normalized spacial score (nSPS) is 15.4. The molecule has 3 N–H and O–H groups in total. The lowest BCUT2D eigenvalue weighted by Crippen LogP contribution is -2.28. The number of fused-ring (bicyclic) bond motifs is 1. The number of sulfonamides is 1. The number of nitrogens with one attached hydrogen (secondary N) is 1. The Morgan fingerprint density at radius 2 is 1.92 bits per heavy atom. The number of rotatable bonds is 5. The molecule has 1 aromatic heterocycles. The molecule has 0 saturated carbocycles. The molecule has 1 aliphatic carbocycles. The molecular formula is C18H22N2O4S. The van der Waals surface area contributed by atoms with Crippen LogP contribution in [0.1, 0.15) is 59.5 Å². The highest BCUT2D eigenvalue weighted by atomic mass is 32.2. The Bertz CT molecular complexity index is 886. The van der Waals surface area contributed by atoms with E-state index < -0.39 is 21.0 Å². The topological polar surface area (TPSA) is 102 Å². The Kier molecular flexibility index (Phi) is 4.96. The predicted octanol–water partition coefficient (Wildman–Crippen LogP) is 2.69. The van der Waals surface area contributed by atoms with Gasteiger partial charge >= 0.3 is 0 Å². The summed E-state index contributed by atoms with van der Waals surface area (Å²) in [5.41, 5.74) is 3.79. The molecule has 0 bridgehead atoms. The van der Waals surface area contributed by atoms with E-state index in [1.54, 1.807) is 0 Å². The number of primary sulfonamides is 1. The number of furan rings is 1. The van der Waals surface area contributed by atoms with Crippen molar-refractivity contribution in [1.82, 2.24) is 5.32 Å². The maximum Gasteiger partial charge on any atom is 0.287 e. The lowest BCUT2D eigenvalue weighted by Gasteiger charge is -2.21. The molecule has 3 rings (SSSR count). The van der Waals surface area contributed by atoms with Gasteiger partial charge < -0.3 is 9.73 Å². The molecule has 25 heavy (non-hydrogen) atoms. The summed E-state index contributed by atoms with van der Waals surface area (Å²) in [6, 6.07) is 8.70. The van der Waals surface area contributed by atoms with Gasteiger partial charge in [0.2, 0.25) is 5.09 Å². The van der Waals surface area contributed by atoms with Crippen molar-refractivity contribution in [3.8, 4) is 0 Å². The summed E-state index contributed by atoms with van der Waals surface area (Å²) in [5, 5.41) is 7.49. The fourth-order valence-corrected chi connectivity index (χ4v) is 3.68. The monoisotopic (exact) mass is 362 g/mol. The molecule has 1 amide bonds. The van der Waals surface area contributed by atoms with Gasteiger partial charge in [0.25, 0.3) is 15.9 Å². The van der Waals surface area contributed by atoms with E-state index in [9.17, 15) is 13.2 Å². The molecule has 7 heteroatoms. The van der Waals surface area contributed by atoms with Crippen LogP contribution >= 0.6 is 0 Å². The molecule has 0 radical (unpaired) electrons. The van der Waals surface area contributed by atoms with Crippen LogP contribution in [-0.2, 0) is 22.9 Å². The minimum atomic E-state index is -3.96. The number of benzene rings is 1. The molecular weight excluding hydrogens is 340 g/mol. The van der Waals surface area contributed by atoms with Crippen molar-refractivity contribution < 1.29 is 17.6 Å². The average Bonchev–Trinajstić information content (AvgIpc) is 3.09. The minimum Gasteiger partial charge on any atom is -0.438 e. The molecule has 1 aliphatic rings. The second-order valence-corrected chi connectivity index (χ2v) is 7.83. The fraction of sp³-hybridized carbons (Fsp3) is 0.389. The number of nitrogens with two attached hydrogens (primary N) is 1. The fourth-order valence-electron chi connectivity index (χ4n) is 3.22. The Labute approximate surface area is 147 Å². The van der Waals surface area contributed by atoms with Crippen LogP contribution in [0.5, 0.6) is 0 Å². The minimum absolute atomic E-state index is 0.0690. The van der Waals surface area contributed by atoms with E-state index in [2.05, 4.69) is 23.5 Å². The summed E-state index contributed by atoms with van der Waals surface area (Å²) in [6.45, 7) is 1.99. The van der Waals surface area contributed by atoms with Crippen LogP contribution in [0.4, 0.5) is 0 Å². The van der Waals surface area contributed by atoms with E-state index in [4.69, 9.17) is 9.56 Å². The van der Waals surface area contributed by atoms with Gasteiger partial charge in [-0.25, -0.2) is 13.6 Å². The second kappa shape index (κ2) is 7.01. The molecule has 134 valence electrons. The van der Waals surface area contributed by atoms with Crippen molar-refractivity contribution in [2.24, 2.45) is 5.14 Å². The van der Waals surface area contributed by atoms with Crippen LogP contribution in [0.2, 0.25) is 0 Å². The zero-order chi connectivity index (χ0) is 18.0. The first-order valence-corrected chi connectivity index (χ1v) is 9.98. The Hall–Kier alpha value is -2.12. The Morgan fingerprint density at radius 3 is 2.56 bits per heavy atom. The molecule has 0 spiro atoms. The van der Waals surface area contributed by atoms with Gasteiger partial charge in [-0.15, -0.1) is 0 Å². The first-order chi connectivity index (χ1) is 11.9. The van der Waals surface area contributed by atoms with Crippen LogP contribution in [0.15, 0.2) is 39.8 Å². The number of carbonyl (C=O) groups excluding carboxylic acids is 1. The van der Waals surface area contributed by atoms with Crippen molar-refractivity contribution in [3.05, 3.63) is 52.8 Å². The molecule has 2 aromatic rings. The van der Waals surface area contributed by atoms with E-state index in [0.29, 0.717) is 6.42 Å². The second-order valence-electron chi connectivity index (χ2n) is 6.33. The number of hydrogen-bond acceptors (Lipinski definition) is 4. The number of hydrogen-bond donors (Lipinski definition) is 2. The van der Waals surface area contributed by atoms with Crippen LogP contribution < -0.4 is 10.5 Å². The maximum absolute atomic E-state index is 12.4. The lowest BCUT2D eigenvalue weighted by molar-refractivity contribution is 0.0902. The van der Waals surface area contributed by atoms with Gasteiger partial charge in [0.15, 0.2) is 5.76 Å². The highest BCUT2D eigenvalue weighted by Gasteiger charge is 2.21. The number of carbonyl (C=O) groups is 1. The maximum atomic E-state index is 12.4. The zero-order valence-corrected chi connectivity index (χ0v) is 14.9. The summed E-state index contributed by atoms with van der Waals surface area (Å²) in [7, 11) is -3.96. The average molecular weight is 362 g/mol. The smallest absolute Gasteiger partial charge is 0.287 e. The molecule has 1 unspecified atom stereocenters. The summed E-state index contributed by atoms with van der Waals surface area (Å²) in [6.07, 6.45) is 5.33.